The third kappa shape index (κ3) is 3.61. The molecule has 0 aliphatic heterocycles. The molecule has 1 N–H and O–H groups in total. The summed E-state index contributed by atoms with van der Waals surface area (Å²) in [5.41, 5.74) is 3.17. The zero-order valence-electron chi connectivity index (χ0n) is 14.7. The first kappa shape index (κ1) is 17.3. The van der Waals surface area contributed by atoms with E-state index in [1.165, 1.54) is 17.5 Å². The Balaban J connectivity index is 2.15. The minimum absolute atomic E-state index is 0.190. The van der Waals surface area contributed by atoms with Gasteiger partial charge in [-0.05, 0) is 37.6 Å². The van der Waals surface area contributed by atoms with Crippen LogP contribution in [0.1, 0.15) is 23.6 Å². The van der Waals surface area contributed by atoms with Crippen molar-refractivity contribution in [2.45, 2.75) is 20.8 Å². The molecule has 0 unspecified atom stereocenters. The maximum absolute atomic E-state index is 12.9. The van der Waals surface area contributed by atoms with Crippen LogP contribution in [0, 0.1) is 13.8 Å². The van der Waals surface area contributed by atoms with Crippen LogP contribution in [0.2, 0.25) is 0 Å². The first-order chi connectivity index (χ1) is 12.5. The normalized spacial score (nSPS) is 11.0. The van der Waals surface area contributed by atoms with Crippen LogP contribution in [0.3, 0.4) is 0 Å². The van der Waals surface area contributed by atoms with Crippen molar-refractivity contribution in [2.75, 3.05) is 5.32 Å². The second-order valence-corrected chi connectivity index (χ2v) is 5.87. The van der Waals surface area contributed by atoms with E-state index in [0.29, 0.717) is 11.5 Å². The molecule has 2 heterocycles. The molecule has 7 heteroatoms. The molecule has 0 fully saturated rings. The minimum atomic E-state index is -0.570. The van der Waals surface area contributed by atoms with Crippen molar-refractivity contribution in [1.29, 1.82) is 0 Å². The molecule has 1 aromatic carbocycles. The SMILES string of the molecule is CC(=O)O/N=C\c1c(Nc2ccc(C)cc2)nc2c(C)cccn2c1=O. The Bertz CT molecular complexity index is 1050. The Hall–Kier alpha value is -3.48. The Kier molecular flexibility index (Phi) is 4.79. The number of oxime groups is 1. The van der Waals surface area contributed by atoms with Crippen molar-refractivity contribution < 1.29 is 9.63 Å². The van der Waals surface area contributed by atoms with E-state index in [1.807, 2.05) is 44.2 Å². The number of hydrogen-bond acceptors (Lipinski definition) is 6. The second-order valence-electron chi connectivity index (χ2n) is 5.87. The number of benzene rings is 1. The van der Waals surface area contributed by atoms with Crippen LogP contribution in [-0.4, -0.2) is 21.6 Å². The van der Waals surface area contributed by atoms with Gasteiger partial charge in [0, 0.05) is 18.8 Å². The van der Waals surface area contributed by atoms with E-state index < -0.39 is 5.97 Å². The van der Waals surface area contributed by atoms with Gasteiger partial charge in [0.05, 0.1) is 6.21 Å². The molecule has 0 radical (unpaired) electrons. The van der Waals surface area contributed by atoms with E-state index in [-0.39, 0.29) is 11.1 Å². The largest absolute Gasteiger partial charge is 0.339 e. The van der Waals surface area contributed by atoms with E-state index in [9.17, 15) is 9.59 Å². The fourth-order valence-corrected chi connectivity index (χ4v) is 2.45. The first-order valence-electron chi connectivity index (χ1n) is 8.02. The molecule has 0 atom stereocenters. The number of nitrogens with one attached hydrogen (secondary N) is 1. The summed E-state index contributed by atoms with van der Waals surface area (Å²) in [6.45, 7) is 5.10. The van der Waals surface area contributed by atoms with Crippen molar-refractivity contribution in [1.82, 2.24) is 9.38 Å². The lowest BCUT2D eigenvalue weighted by Crippen LogP contribution is -2.22. The monoisotopic (exact) mass is 350 g/mol. The van der Waals surface area contributed by atoms with E-state index in [4.69, 9.17) is 0 Å². The van der Waals surface area contributed by atoms with Crippen molar-refractivity contribution in [3.05, 3.63) is 69.6 Å². The van der Waals surface area contributed by atoms with Gasteiger partial charge >= 0.3 is 5.97 Å². The third-order valence-corrected chi connectivity index (χ3v) is 3.76. The fourth-order valence-electron chi connectivity index (χ4n) is 2.45. The number of fused-ring (bicyclic) bond motifs is 1. The fraction of sp³-hybridized carbons (Fsp3) is 0.158. The number of aromatic nitrogens is 2. The summed E-state index contributed by atoms with van der Waals surface area (Å²) in [4.78, 5) is 33.0. The van der Waals surface area contributed by atoms with E-state index in [0.717, 1.165) is 16.8 Å². The maximum atomic E-state index is 12.9. The Morgan fingerprint density at radius 3 is 2.65 bits per heavy atom. The van der Waals surface area contributed by atoms with Crippen LogP contribution in [0.25, 0.3) is 5.65 Å². The van der Waals surface area contributed by atoms with Gasteiger partial charge < -0.3 is 10.2 Å². The molecule has 0 saturated carbocycles. The quantitative estimate of drug-likeness (QED) is 0.444. The highest BCUT2D eigenvalue weighted by atomic mass is 16.7. The number of aryl methyl sites for hydroxylation is 2. The van der Waals surface area contributed by atoms with Crippen LogP contribution in [0.15, 0.2) is 52.5 Å². The molecule has 26 heavy (non-hydrogen) atoms. The van der Waals surface area contributed by atoms with Gasteiger partial charge in [-0.25, -0.2) is 9.78 Å². The highest BCUT2D eigenvalue weighted by Gasteiger charge is 2.13. The van der Waals surface area contributed by atoms with Crippen LogP contribution < -0.4 is 10.9 Å². The number of anilines is 2. The highest BCUT2D eigenvalue weighted by Crippen LogP contribution is 2.18. The molecule has 0 aliphatic rings. The molecule has 3 rings (SSSR count). The smallest absolute Gasteiger partial charge is 0.331 e. The molecule has 0 aliphatic carbocycles. The molecule has 3 aromatic rings. The van der Waals surface area contributed by atoms with Gasteiger partial charge in [-0.1, -0.05) is 28.9 Å². The third-order valence-electron chi connectivity index (χ3n) is 3.76. The first-order valence-corrected chi connectivity index (χ1v) is 8.02. The molecule has 0 spiro atoms. The Morgan fingerprint density at radius 2 is 1.96 bits per heavy atom. The van der Waals surface area contributed by atoms with Crippen LogP contribution in [0.5, 0.6) is 0 Å². The summed E-state index contributed by atoms with van der Waals surface area (Å²) in [5.74, 6) is -0.233. The Labute approximate surface area is 149 Å². The zero-order chi connectivity index (χ0) is 18.7. The second kappa shape index (κ2) is 7.18. The van der Waals surface area contributed by atoms with Crippen LogP contribution >= 0.6 is 0 Å². The molecule has 0 saturated heterocycles. The maximum Gasteiger partial charge on any atom is 0.331 e. The number of hydrogen-bond donors (Lipinski definition) is 1. The molecular weight excluding hydrogens is 332 g/mol. The number of carbonyl (C=O) groups is 1. The van der Waals surface area contributed by atoms with Crippen molar-refractivity contribution in [3.8, 4) is 0 Å². The van der Waals surface area contributed by atoms with Gasteiger partial charge in [0.15, 0.2) is 0 Å². The number of carbonyl (C=O) groups excluding carboxylic acids is 1. The average molecular weight is 350 g/mol. The molecule has 7 nitrogen and oxygen atoms in total. The van der Waals surface area contributed by atoms with Crippen molar-refractivity contribution in [3.63, 3.8) is 0 Å². The standard InChI is InChI=1S/C19H18N4O3/c1-12-6-8-15(9-7-12)21-17-16(11-20-26-14(3)24)19(25)23-10-4-5-13(2)18(23)22-17/h4-11,21H,1-3H3/b20-11-. The molecule has 0 amide bonds. The predicted molar refractivity (Wildman–Crippen MR) is 100 cm³/mol. The zero-order valence-corrected chi connectivity index (χ0v) is 14.7. The number of nitrogens with zero attached hydrogens (tertiary/aromatic N) is 3. The summed E-state index contributed by atoms with van der Waals surface area (Å²) in [6, 6.07) is 11.3. The Morgan fingerprint density at radius 1 is 1.23 bits per heavy atom. The number of pyridine rings is 1. The predicted octanol–water partition coefficient (Wildman–Crippen LogP) is 2.95. The summed E-state index contributed by atoms with van der Waals surface area (Å²) in [6.07, 6.45) is 2.83. The van der Waals surface area contributed by atoms with Gasteiger partial charge in [-0.3, -0.25) is 9.20 Å². The summed E-state index contributed by atoms with van der Waals surface area (Å²) in [5, 5.41) is 6.72. The van der Waals surface area contributed by atoms with Gasteiger partial charge in [-0.2, -0.15) is 0 Å². The lowest BCUT2D eigenvalue weighted by molar-refractivity contribution is -0.140. The van der Waals surface area contributed by atoms with Crippen LogP contribution in [-0.2, 0) is 9.63 Å². The lowest BCUT2D eigenvalue weighted by atomic mass is 10.2. The van der Waals surface area contributed by atoms with E-state index in [1.54, 1.807) is 12.3 Å². The summed E-state index contributed by atoms with van der Waals surface area (Å²) >= 11 is 0. The summed E-state index contributed by atoms with van der Waals surface area (Å²) < 4.78 is 1.44. The van der Waals surface area contributed by atoms with Gasteiger partial charge in [0.1, 0.15) is 17.0 Å². The number of rotatable bonds is 4. The average Bonchev–Trinajstić information content (AvgIpc) is 2.60. The van der Waals surface area contributed by atoms with E-state index in [2.05, 4.69) is 20.3 Å². The molecule has 132 valence electrons. The van der Waals surface area contributed by atoms with Crippen molar-refractivity contribution in [2.24, 2.45) is 5.16 Å². The van der Waals surface area contributed by atoms with Gasteiger partial charge in [0.25, 0.3) is 5.56 Å². The molecule has 0 bridgehead atoms. The van der Waals surface area contributed by atoms with Gasteiger partial charge in [0.2, 0.25) is 0 Å². The summed E-state index contributed by atoms with van der Waals surface area (Å²) in [7, 11) is 0. The van der Waals surface area contributed by atoms with Gasteiger partial charge in [-0.15, -0.1) is 0 Å². The van der Waals surface area contributed by atoms with Crippen molar-refractivity contribution >= 4 is 29.3 Å². The highest BCUT2D eigenvalue weighted by molar-refractivity contribution is 5.88. The lowest BCUT2D eigenvalue weighted by Gasteiger charge is -2.11. The van der Waals surface area contributed by atoms with E-state index >= 15 is 0 Å². The van der Waals surface area contributed by atoms with Crippen LogP contribution in [0.4, 0.5) is 11.5 Å². The topological polar surface area (TPSA) is 85.1 Å². The molecular formula is C19H18N4O3. The molecule has 2 aromatic heterocycles. The minimum Gasteiger partial charge on any atom is -0.339 e.